The molecule has 37 heavy (non-hydrogen) atoms. The summed E-state index contributed by atoms with van der Waals surface area (Å²) in [6, 6.07) is 17.8. The fraction of sp³-hybridized carbons (Fsp3) is 0.259. The van der Waals surface area contributed by atoms with Crippen LogP contribution in [0, 0.1) is 5.82 Å². The molecule has 2 heterocycles. The second kappa shape index (κ2) is 10.6. The monoisotopic (exact) mass is 539 g/mol. The number of hydrogen-bond donors (Lipinski definition) is 0. The average Bonchev–Trinajstić information content (AvgIpc) is 3.24. The zero-order chi connectivity index (χ0) is 26.0. The van der Waals surface area contributed by atoms with Gasteiger partial charge in [-0.2, -0.15) is 4.99 Å². The molecule has 0 fully saturated rings. The molecule has 10 heteroatoms. The van der Waals surface area contributed by atoms with Gasteiger partial charge in [0.2, 0.25) is 0 Å². The molecular formula is C27H26FN3O4S2. The molecule has 0 aliphatic carbocycles. The number of halogens is 1. The predicted octanol–water partition coefficient (Wildman–Crippen LogP) is 4.76. The van der Waals surface area contributed by atoms with Gasteiger partial charge >= 0.3 is 0 Å². The molecule has 0 radical (unpaired) electrons. The number of fused-ring (bicyclic) bond motifs is 2. The highest BCUT2D eigenvalue weighted by atomic mass is 32.2. The molecule has 0 spiro atoms. The van der Waals surface area contributed by atoms with E-state index in [2.05, 4.69) is 4.99 Å². The molecule has 1 aliphatic heterocycles. The number of amides is 1. The van der Waals surface area contributed by atoms with Gasteiger partial charge in [-0.15, -0.1) is 0 Å². The molecule has 192 valence electrons. The van der Waals surface area contributed by atoms with E-state index in [1.165, 1.54) is 52.0 Å². The van der Waals surface area contributed by atoms with Gasteiger partial charge in [0.25, 0.3) is 15.9 Å². The van der Waals surface area contributed by atoms with Crippen LogP contribution >= 0.6 is 11.3 Å². The highest BCUT2D eigenvalue weighted by Crippen LogP contribution is 2.31. The van der Waals surface area contributed by atoms with Crippen LogP contribution in [0.2, 0.25) is 0 Å². The van der Waals surface area contributed by atoms with Crippen LogP contribution in [-0.4, -0.2) is 38.7 Å². The van der Waals surface area contributed by atoms with E-state index >= 15 is 0 Å². The van der Waals surface area contributed by atoms with Gasteiger partial charge in [-0.1, -0.05) is 29.5 Å². The Labute approximate surface area is 218 Å². The van der Waals surface area contributed by atoms with E-state index in [1.807, 2.05) is 35.8 Å². The Morgan fingerprint density at radius 1 is 1.11 bits per heavy atom. The van der Waals surface area contributed by atoms with Gasteiger partial charge in [-0.3, -0.25) is 9.10 Å². The van der Waals surface area contributed by atoms with Crippen molar-refractivity contribution in [3.8, 4) is 0 Å². The van der Waals surface area contributed by atoms with E-state index in [-0.39, 0.29) is 16.3 Å². The first-order valence-corrected chi connectivity index (χ1v) is 14.3. The van der Waals surface area contributed by atoms with Crippen molar-refractivity contribution in [2.24, 2.45) is 4.99 Å². The largest absolute Gasteiger partial charge is 0.380 e. The van der Waals surface area contributed by atoms with E-state index in [9.17, 15) is 17.6 Å². The summed E-state index contributed by atoms with van der Waals surface area (Å²) in [5.74, 6) is -0.874. The minimum atomic E-state index is -3.78. The standard InChI is InChI=1S/C27H26FN3O4S2/c1-2-35-17-16-30-24-14-11-21(28)18-25(24)36-27(30)29-26(32)20-9-12-22(13-10-20)37(33,34)31-15-5-7-19-6-3-4-8-23(19)31/h3-4,6,8-14,18H,2,5,7,15-17H2,1H3. The van der Waals surface area contributed by atoms with Gasteiger partial charge in [-0.05, 0) is 73.9 Å². The number of rotatable bonds is 7. The van der Waals surface area contributed by atoms with Crippen LogP contribution < -0.4 is 9.11 Å². The van der Waals surface area contributed by atoms with Crippen molar-refractivity contribution in [3.63, 3.8) is 0 Å². The molecular weight excluding hydrogens is 513 g/mol. The van der Waals surface area contributed by atoms with Crippen LogP contribution in [0.25, 0.3) is 10.2 Å². The van der Waals surface area contributed by atoms with Crippen LogP contribution in [0.3, 0.4) is 0 Å². The van der Waals surface area contributed by atoms with Crippen LogP contribution in [0.1, 0.15) is 29.3 Å². The molecule has 0 saturated heterocycles. The van der Waals surface area contributed by atoms with E-state index in [1.54, 1.807) is 6.07 Å². The molecule has 5 rings (SSSR count). The maximum absolute atomic E-state index is 13.8. The Kier molecular flexibility index (Phi) is 7.23. The number of carbonyl (C=O) groups excluding carboxylic acids is 1. The third-order valence-electron chi connectivity index (χ3n) is 6.26. The molecule has 1 aliphatic rings. The van der Waals surface area contributed by atoms with E-state index in [0.29, 0.717) is 41.5 Å². The smallest absolute Gasteiger partial charge is 0.279 e. The lowest BCUT2D eigenvalue weighted by Gasteiger charge is -2.30. The normalized spacial score (nSPS) is 14.2. The van der Waals surface area contributed by atoms with Gasteiger partial charge < -0.3 is 9.30 Å². The number of nitrogens with zero attached hydrogens (tertiary/aromatic N) is 3. The molecule has 0 N–H and O–H groups in total. The Bertz CT molecular complexity index is 1630. The molecule has 0 unspecified atom stereocenters. The zero-order valence-corrected chi connectivity index (χ0v) is 21.9. The first-order valence-electron chi connectivity index (χ1n) is 12.0. The number of ether oxygens (including phenoxy) is 1. The first-order chi connectivity index (χ1) is 17.9. The average molecular weight is 540 g/mol. The summed E-state index contributed by atoms with van der Waals surface area (Å²) in [5.41, 5.74) is 2.73. The maximum atomic E-state index is 13.8. The van der Waals surface area contributed by atoms with Crippen molar-refractivity contribution < 1.29 is 22.3 Å². The molecule has 0 saturated carbocycles. The third-order valence-corrected chi connectivity index (χ3v) is 9.13. The maximum Gasteiger partial charge on any atom is 0.279 e. The van der Waals surface area contributed by atoms with Gasteiger partial charge in [0, 0.05) is 25.3 Å². The minimum absolute atomic E-state index is 0.116. The van der Waals surface area contributed by atoms with Crippen LogP contribution in [-0.2, 0) is 27.7 Å². The van der Waals surface area contributed by atoms with Gasteiger partial charge in [-0.25, -0.2) is 12.8 Å². The summed E-state index contributed by atoms with van der Waals surface area (Å²) < 4.78 is 50.0. The molecule has 0 atom stereocenters. The second-order valence-electron chi connectivity index (χ2n) is 8.60. The lowest BCUT2D eigenvalue weighted by Crippen LogP contribution is -2.35. The summed E-state index contributed by atoms with van der Waals surface area (Å²) in [7, 11) is -3.78. The quantitative estimate of drug-likeness (QED) is 0.317. The molecule has 4 aromatic rings. The number of benzene rings is 3. The highest BCUT2D eigenvalue weighted by molar-refractivity contribution is 7.92. The first kappa shape index (κ1) is 25.3. The minimum Gasteiger partial charge on any atom is -0.380 e. The molecule has 1 aromatic heterocycles. The zero-order valence-electron chi connectivity index (χ0n) is 20.3. The molecule has 0 bridgehead atoms. The van der Waals surface area contributed by atoms with E-state index < -0.39 is 15.9 Å². The van der Waals surface area contributed by atoms with E-state index in [0.717, 1.165) is 23.9 Å². The van der Waals surface area contributed by atoms with Crippen molar-refractivity contribution in [3.05, 3.63) is 88.5 Å². The van der Waals surface area contributed by atoms with Crippen molar-refractivity contribution in [2.75, 3.05) is 24.1 Å². The summed E-state index contributed by atoms with van der Waals surface area (Å²) >= 11 is 1.22. The molecule has 3 aromatic carbocycles. The lowest BCUT2D eigenvalue weighted by atomic mass is 10.0. The summed E-state index contributed by atoms with van der Waals surface area (Å²) in [6.07, 6.45) is 1.58. The van der Waals surface area contributed by atoms with Crippen LogP contribution in [0.4, 0.5) is 10.1 Å². The van der Waals surface area contributed by atoms with Gasteiger partial charge in [0.15, 0.2) is 4.80 Å². The second-order valence-corrected chi connectivity index (χ2v) is 11.5. The summed E-state index contributed by atoms with van der Waals surface area (Å²) in [4.78, 5) is 17.9. The third kappa shape index (κ3) is 5.09. The number of thiazole rings is 1. The van der Waals surface area contributed by atoms with Gasteiger partial charge in [0.1, 0.15) is 5.82 Å². The fourth-order valence-electron chi connectivity index (χ4n) is 4.45. The number of carbonyl (C=O) groups is 1. The highest BCUT2D eigenvalue weighted by Gasteiger charge is 2.29. The number of aryl methyl sites for hydroxylation is 1. The van der Waals surface area contributed by atoms with Gasteiger partial charge in [0.05, 0.1) is 27.4 Å². The summed E-state index contributed by atoms with van der Waals surface area (Å²) in [6.45, 7) is 3.74. The number of aromatic nitrogens is 1. The lowest BCUT2D eigenvalue weighted by molar-refractivity contribution is 0.0996. The molecule has 1 amide bonds. The molecule has 7 nitrogen and oxygen atoms in total. The Hall–Kier alpha value is -3.34. The number of anilines is 1. The van der Waals surface area contributed by atoms with Crippen molar-refractivity contribution in [1.29, 1.82) is 0 Å². The Morgan fingerprint density at radius 3 is 2.68 bits per heavy atom. The van der Waals surface area contributed by atoms with Crippen molar-refractivity contribution >= 4 is 43.2 Å². The number of hydrogen-bond acceptors (Lipinski definition) is 5. The summed E-state index contributed by atoms with van der Waals surface area (Å²) in [5, 5.41) is 0. The van der Waals surface area contributed by atoms with Crippen molar-refractivity contribution in [2.45, 2.75) is 31.2 Å². The van der Waals surface area contributed by atoms with Crippen molar-refractivity contribution in [1.82, 2.24) is 4.57 Å². The fourth-order valence-corrected chi connectivity index (χ4v) is 7.07. The van der Waals surface area contributed by atoms with E-state index in [4.69, 9.17) is 4.74 Å². The van der Waals surface area contributed by atoms with Crippen LogP contribution in [0.5, 0.6) is 0 Å². The Balaban J connectivity index is 1.45. The number of para-hydroxylation sites is 1. The SMILES string of the molecule is CCOCCn1c(=NC(=O)c2ccc(S(=O)(=O)N3CCCc4ccccc43)cc2)sc2cc(F)ccc21. The topological polar surface area (TPSA) is 81.0 Å². The van der Waals surface area contributed by atoms with Crippen LogP contribution in [0.15, 0.2) is 76.6 Å². The number of sulfonamides is 1. The Morgan fingerprint density at radius 2 is 1.89 bits per heavy atom. The predicted molar refractivity (Wildman–Crippen MR) is 142 cm³/mol.